The second-order valence-electron chi connectivity index (χ2n) is 3.77. The third kappa shape index (κ3) is 3.05. The number of benzene rings is 1. The SMILES string of the molecule is C#CCOc1c(Cl)cc(/C=C2/NC(=O)NC2=O)cc1Cl. The maximum absolute atomic E-state index is 11.4. The minimum Gasteiger partial charge on any atom is -0.478 e. The van der Waals surface area contributed by atoms with Crippen LogP contribution in [0.4, 0.5) is 4.79 Å². The highest BCUT2D eigenvalue weighted by Gasteiger charge is 2.23. The van der Waals surface area contributed by atoms with Crippen molar-refractivity contribution >= 4 is 41.2 Å². The number of rotatable bonds is 3. The third-order valence-corrected chi connectivity index (χ3v) is 2.91. The van der Waals surface area contributed by atoms with Crippen LogP contribution < -0.4 is 15.4 Å². The fraction of sp³-hybridized carbons (Fsp3) is 0.0769. The van der Waals surface area contributed by atoms with Crippen LogP contribution in [0.5, 0.6) is 5.75 Å². The molecule has 1 aromatic carbocycles. The zero-order valence-electron chi connectivity index (χ0n) is 10.00. The van der Waals surface area contributed by atoms with Gasteiger partial charge in [-0.1, -0.05) is 29.1 Å². The lowest BCUT2D eigenvalue weighted by Gasteiger charge is -2.08. The summed E-state index contributed by atoms with van der Waals surface area (Å²) in [7, 11) is 0. The van der Waals surface area contributed by atoms with E-state index in [1.165, 1.54) is 6.08 Å². The van der Waals surface area contributed by atoms with E-state index in [2.05, 4.69) is 16.6 Å². The van der Waals surface area contributed by atoms with Gasteiger partial charge in [-0.2, -0.15) is 0 Å². The average molecular weight is 311 g/mol. The fourth-order valence-electron chi connectivity index (χ4n) is 1.56. The quantitative estimate of drug-likeness (QED) is 0.511. The van der Waals surface area contributed by atoms with Crippen LogP contribution >= 0.6 is 23.2 Å². The molecule has 2 N–H and O–H groups in total. The van der Waals surface area contributed by atoms with E-state index in [4.69, 9.17) is 34.4 Å². The predicted octanol–water partition coefficient (Wildman–Crippen LogP) is 2.19. The van der Waals surface area contributed by atoms with Crippen LogP contribution in [-0.4, -0.2) is 18.5 Å². The van der Waals surface area contributed by atoms with Crippen LogP contribution in [0.25, 0.3) is 6.08 Å². The first-order valence-electron chi connectivity index (χ1n) is 5.40. The Bertz CT molecular complexity index is 639. The molecule has 102 valence electrons. The molecule has 1 heterocycles. The zero-order valence-corrected chi connectivity index (χ0v) is 11.5. The van der Waals surface area contributed by atoms with Gasteiger partial charge < -0.3 is 10.1 Å². The molecule has 1 saturated heterocycles. The van der Waals surface area contributed by atoms with Crippen LogP contribution in [0, 0.1) is 12.3 Å². The van der Waals surface area contributed by atoms with Gasteiger partial charge >= 0.3 is 6.03 Å². The smallest absolute Gasteiger partial charge is 0.326 e. The normalized spacial score (nSPS) is 15.8. The fourth-order valence-corrected chi connectivity index (χ4v) is 2.18. The Labute approximate surface area is 124 Å². The van der Waals surface area contributed by atoms with Gasteiger partial charge in [-0.25, -0.2) is 4.79 Å². The lowest BCUT2D eigenvalue weighted by atomic mass is 10.2. The van der Waals surface area contributed by atoms with Crippen molar-refractivity contribution in [2.75, 3.05) is 6.61 Å². The Morgan fingerprint density at radius 1 is 1.25 bits per heavy atom. The summed E-state index contributed by atoms with van der Waals surface area (Å²) in [5, 5.41) is 4.95. The number of halogens is 2. The molecule has 0 aromatic heterocycles. The van der Waals surface area contributed by atoms with Gasteiger partial charge in [0.2, 0.25) is 0 Å². The monoisotopic (exact) mass is 310 g/mol. The van der Waals surface area contributed by atoms with Gasteiger partial charge in [-0.3, -0.25) is 10.1 Å². The first-order valence-corrected chi connectivity index (χ1v) is 6.16. The molecule has 1 fully saturated rings. The summed E-state index contributed by atoms with van der Waals surface area (Å²) in [5.74, 6) is 2.06. The summed E-state index contributed by atoms with van der Waals surface area (Å²) in [5.41, 5.74) is 0.653. The Morgan fingerprint density at radius 3 is 2.40 bits per heavy atom. The van der Waals surface area contributed by atoms with Crippen LogP contribution in [0.15, 0.2) is 17.8 Å². The number of urea groups is 1. The number of carbonyl (C=O) groups is 2. The zero-order chi connectivity index (χ0) is 14.7. The number of terminal acetylenes is 1. The van der Waals surface area contributed by atoms with E-state index in [0.717, 1.165) is 0 Å². The van der Waals surface area contributed by atoms with Crippen LogP contribution in [-0.2, 0) is 4.79 Å². The molecule has 1 aliphatic heterocycles. The molecular weight excluding hydrogens is 303 g/mol. The molecule has 20 heavy (non-hydrogen) atoms. The first kappa shape index (κ1) is 14.3. The number of hydrogen-bond donors (Lipinski definition) is 2. The summed E-state index contributed by atoms with van der Waals surface area (Å²) >= 11 is 12.1. The summed E-state index contributed by atoms with van der Waals surface area (Å²) in [6, 6.07) is 2.51. The molecule has 3 amide bonds. The standard InChI is InChI=1S/C13H8Cl2N2O3/c1-2-3-20-11-8(14)4-7(5-9(11)15)6-10-12(18)17-13(19)16-10/h1,4-6H,3H2,(H2,16,17,18,19)/b10-6+. The molecule has 7 heteroatoms. The highest BCUT2D eigenvalue weighted by Crippen LogP contribution is 2.34. The van der Waals surface area contributed by atoms with E-state index < -0.39 is 11.9 Å². The Hall–Kier alpha value is -2.16. The number of ether oxygens (including phenoxy) is 1. The number of hydrogen-bond acceptors (Lipinski definition) is 3. The van der Waals surface area contributed by atoms with Crippen LogP contribution in [0.1, 0.15) is 5.56 Å². The molecule has 1 aromatic rings. The van der Waals surface area contributed by atoms with E-state index in [0.29, 0.717) is 5.56 Å². The lowest BCUT2D eigenvalue weighted by Crippen LogP contribution is -2.22. The number of imide groups is 1. The van der Waals surface area contributed by atoms with Crippen molar-refractivity contribution in [2.45, 2.75) is 0 Å². The maximum Gasteiger partial charge on any atom is 0.326 e. The van der Waals surface area contributed by atoms with Gasteiger partial charge in [0.1, 0.15) is 12.3 Å². The first-order chi connectivity index (χ1) is 9.51. The Morgan fingerprint density at radius 2 is 1.90 bits per heavy atom. The Kier molecular flexibility index (Phi) is 4.18. The predicted molar refractivity (Wildman–Crippen MR) is 75.4 cm³/mol. The maximum atomic E-state index is 11.4. The highest BCUT2D eigenvalue weighted by molar-refractivity contribution is 6.37. The average Bonchev–Trinajstić information content (AvgIpc) is 2.67. The second kappa shape index (κ2) is 5.87. The highest BCUT2D eigenvalue weighted by atomic mass is 35.5. The topological polar surface area (TPSA) is 67.4 Å². The summed E-state index contributed by atoms with van der Waals surface area (Å²) in [4.78, 5) is 22.4. The second-order valence-corrected chi connectivity index (χ2v) is 4.59. The lowest BCUT2D eigenvalue weighted by molar-refractivity contribution is -0.115. The van der Waals surface area contributed by atoms with E-state index in [1.54, 1.807) is 12.1 Å². The number of carbonyl (C=O) groups excluding carboxylic acids is 2. The summed E-state index contributed by atoms with van der Waals surface area (Å²) in [6.07, 6.45) is 6.54. The van der Waals surface area contributed by atoms with Crippen molar-refractivity contribution in [1.29, 1.82) is 0 Å². The molecule has 0 aliphatic carbocycles. The van der Waals surface area contributed by atoms with Gasteiger partial charge in [-0.05, 0) is 23.8 Å². The van der Waals surface area contributed by atoms with Crippen molar-refractivity contribution in [3.05, 3.63) is 33.4 Å². The molecule has 5 nitrogen and oxygen atoms in total. The van der Waals surface area contributed by atoms with Gasteiger partial charge in [0.25, 0.3) is 5.91 Å². The molecule has 0 spiro atoms. The van der Waals surface area contributed by atoms with E-state index in [9.17, 15) is 9.59 Å². The van der Waals surface area contributed by atoms with Crippen molar-refractivity contribution in [1.82, 2.24) is 10.6 Å². The van der Waals surface area contributed by atoms with Gasteiger partial charge in [-0.15, -0.1) is 6.42 Å². The van der Waals surface area contributed by atoms with E-state index in [1.807, 2.05) is 0 Å². The summed E-state index contributed by atoms with van der Waals surface area (Å²) < 4.78 is 5.21. The van der Waals surface area contributed by atoms with Gasteiger partial charge in [0.05, 0.1) is 10.0 Å². The summed E-state index contributed by atoms with van der Waals surface area (Å²) in [6.45, 7) is 0.0400. The van der Waals surface area contributed by atoms with Crippen molar-refractivity contribution in [2.24, 2.45) is 0 Å². The molecule has 2 rings (SSSR count). The molecule has 0 radical (unpaired) electrons. The molecule has 0 unspecified atom stereocenters. The minimum atomic E-state index is -0.576. The largest absolute Gasteiger partial charge is 0.478 e. The Balaban J connectivity index is 2.31. The third-order valence-electron chi connectivity index (χ3n) is 2.35. The van der Waals surface area contributed by atoms with Crippen molar-refractivity contribution in [3.63, 3.8) is 0 Å². The minimum absolute atomic E-state index is 0.0400. The van der Waals surface area contributed by atoms with Gasteiger partial charge in [0, 0.05) is 0 Å². The van der Waals surface area contributed by atoms with E-state index in [-0.39, 0.29) is 28.1 Å². The number of amides is 3. The molecule has 0 atom stereocenters. The number of nitrogens with one attached hydrogen (secondary N) is 2. The molecule has 1 aliphatic rings. The van der Waals surface area contributed by atoms with Gasteiger partial charge in [0.15, 0.2) is 5.75 Å². The van der Waals surface area contributed by atoms with E-state index >= 15 is 0 Å². The molecule has 0 bridgehead atoms. The van der Waals surface area contributed by atoms with Crippen molar-refractivity contribution in [3.8, 4) is 18.1 Å². The van der Waals surface area contributed by atoms with Crippen molar-refractivity contribution < 1.29 is 14.3 Å². The molecule has 0 saturated carbocycles. The molecular formula is C13H8Cl2N2O3. The van der Waals surface area contributed by atoms with Crippen LogP contribution in [0.3, 0.4) is 0 Å². The van der Waals surface area contributed by atoms with Crippen LogP contribution in [0.2, 0.25) is 10.0 Å².